The largest absolute Gasteiger partial charge is 0.392 e. The van der Waals surface area contributed by atoms with Gasteiger partial charge in [-0.2, -0.15) is 0 Å². The van der Waals surface area contributed by atoms with E-state index in [1.165, 1.54) is 58.0 Å². The van der Waals surface area contributed by atoms with Crippen molar-refractivity contribution in [2.24, 2.45) is 11.8 Å². The zero-order chi connectivity index (χ0) is 11.4. The number of β-amino-alcohol motifs (C(OH)–C–C–N with tert-alkyl or cyclic N) is 1. The quantitative estimate of drug-likeness (QED) is 0.777. The molecule has 2 fully saturated rings. The van der Waals surface area contributed by atoms with E-state index in [2.05, 4.69) is 11.8 Å². The predicted molar refractivity (Wildman–Crippen MR) is 67.4 cm³/mol. The molecule has 1 saturated carbocycles. The van der Waals surface area contributed by atoms with Gasteiger partial charge < -0.3 is 10.0 Å². The number of likely N-dealkylation sites (tertiary alicyclic amines) is 1. The molecule has 1 aliphatic carbocycles. The van der Waals surface area contributed by atoms with Crippen LogP contribution in [0, 0.1) is 11.8 Å². The van der Waals surface area contributed by atoms with E-state index in [-0.39, 0.29) is 6.10 Å². The summed E-state index contributed by atoms with van der Waals surface area (Å²) in [6, 6.07) is 0. The minimum atomic E-state index is -0.0529. The van der Waals surface area contributed by atoms with Gasteiger partial charge in [0.25, 0.3) is 0 Å². The Kier molecular flexibility index (Phi) is 4.66. The second-order valence-corrected chi connectivity index (χ2v) is 5.81. The van der Waals surface area contributed by atoms with Crippen molar-refractivity contribution >= 4 is 0 Å². The molecule has 0 aromatic heterocycles. The summed E-state index contributed by atoms with van der Waals surface area (Å²) in [6.07, 6.45) is 9.16. The van der Waals surface area contributed by atoms with Crippen LogP contribution >= 0.6 is 0 Å². The number of rotatable bonds is 5. The fraction of sp³-hybridized carbons (Fsp3) is 1.00. The van der Waals surface area contributed by atoms with E-state index in [0.29, 0.717) is 5.92 Å². The molecule has 2 aliphatic rings. The number of aliphatic hydroxyl groups excluding tert-OH is 1. The highest BCUT2D eigenvalue weighted by atomic mass is 16.3. The van der Waals surface area contributed by atoms with Crippen molar-refractivity contribution in [3.05, 3.63) is 0 Å². The van der Waals surface area contributed by atoms with E-state index in [1.54, 1.807) is 0 Å². The Bertz CT molecular complexity index is 201. The molecule has 0 radical (unpaired) electrons. The molecule has 0 aromatic carbocycles. The molecule has 1 N–H and O–H groups in total. The highest BCUT2D eigenvalue weighted by Crippen LogP contribution is 2.29. The lowest BCUT2D eigenvalue weighted by Gasteiger charge is -2.24. The molecule has 0 bridgehead atoms. The van der Waals surface area contributed by atoms with Gasteiger partial charge in [-0.1, -0.05) is 26.2 Å². The smallest absolute Gasteiger partial charge is 0.0695 e. The summed E-state index contributed by atoms with van der Waals surface area (Å²) in [4.78, 5) is 2.49. The number of hydrogen-bond acceptors (Lipinski definition) is 2. The normalized spacial score (nSPS) is 30.0. The SMILES string of the molecule is CCCC1CCN(CC(O)C2CCCC2)C1. The van der Waals surface area contributed by atoms with Crippen LogP contribution in [0.1, 0.15) is 51.9 Å². The third-order valence-electron chi connectivity index (χ3n) is 4.46. The number of hydrogen-bond donors (Lipinski definition) is 1. The Hall–Kier alpha value is -0.0800. The summed E-state index contributed by atoms with van der Waals surface area (Å²) in [6.45, 7) is 5.66. The van der Waals surface area contributed by atoms with Gasteiger partial charge in [0.1, 0.15) is 0 Å². The van der Waals surface area contributed by atoms with Gasteiger partial charge >= 0.3 is 0 Å². The van der Waals surface area contributed by atoms with Crippen LogP contribution in [0.2, 0.25) is 0 Å². The summed E-state index contributed by atoms with van der Waals surface area (Å²) in [5.74, 6) is 1.51. The monoisotopic (exact) mass is 225 g/mol. The Labute approximate surface area is 100 Å². The summed E-state index contributed by atoms with van der Waals surface area (Å²) >= 11 is 0. The van der Waals surface area contributed by atoms with E-state index in [4.69, 9.17) is 0 Å². The molecule has 16 heavy (non-hydrogen) atoms. The predicted octanol–water partition coefficient (Wildman–Crippen LogP) is 2.66. The number of aliphatic hydroxyl groups is 1. The molecule has 94 valence electrons. The van der Waals surface area contributed by atoms with Gasteiger partial charge in [-0.15, -0.1) is 0 Å². The first kappa shape index (κ1) is 12.4. The number of nitrogens with zero attached hydrogens (tertiary/aromatic N) is 1. The summed E-state index contributed by atoms with van der Waals surface area (Å²) in [5, 5.41) is 10.2. The zero-order valence-corrected chi connectivity index (χ0v) is 10.7. The van der Waals surface area contributed by atoms with Gasteiger partial charge in [0.15, 0.2) is 0 Å². The van der Waals surface area contributed by atoms with Crippen LogP contribution in [0.5, 0.6) is 0 Å². The molecule has 2 unspecified atom stereocenters. The average molecular weight is 225 g/mol. The van der Waals surface area contributed by atoms with Gasteiger partial charge in [0.05, 0.1) is 6.10 Å². The Balaban J connectivity index is 1.69. The van der Waals surface area contributed by atoms with Gasteiger partial charge in [-0.3, -0.25) is 0 Å². The van der Waals surface area contributed by atoms with Gasteiger partial charge in [0, 0.05) is 13.1 Å². The molecule has 1 aliphatic heterocycles. The van der Waals surface area contributed by atoms with Crippen LogP contribution in [0.4, 0.5) is 0 Å². The maximum absolute atomic E-state index is 10.2. The van der Waals surface area contributed by atoms with E-state index in [0.717, 1.165) is 12.5 Å². The maximum atomic E-state index is 10.2. The summed E-state index contributed by atoms with van der Waals surface area (Å²) in [5.41, 5.74) is 0. The van der Waals surface area contributed by atoms with Gasteiger partial charge in [-0.05, 0) is 44.1 Å². The first-order valence-electron chi connectivity index (χ1n) is 7.20. The zero-order valence-electron chi connectivity index (χ0n) is 10.7. The van der Waals surface area contributed by atoms with E-state index >= 15 is 0 Å². The molecule has 0 amide bonds. The minimum absolute atomic E-state index is 0.0529. The van der Waals surface area contributed by atoms with E-state index in [1.807, 2.05) is 0 Å². The second-order valence-electron chi connectivity index (χ2n) is 5.81. The fourth-order valence-electron chi connectivity index (χ4n) is 3.48. The van der Waals surface area contributed by atoms with Crippen molar-refractivity contribution in [1.82, 2.24) is 4.90 Å². The minimum Gasteiger partial charge on any atom is -0.392 e. The maximum Gasteiger partial charge on any atom is 0.0695 e. The van der Waals surface area contributed by atoms with Gasteiger partial charge in [-0.25, -0.2) is 0 Å². The first-order valence-corrected chi connectivity index (χ1v) is 7.20. The van der Waals surface area contributed by atoms with Crippen LogP contribution in [-0.4, -0.2) is 35.7 Å². The molecule has 1 saturated heterocycles. The lowest BCUT2D eigenvalue weighted by Crippen LogP contribution is -2.34. The topological polar surface area (TPSA) is 23.5 Å². The molecule has 2 heteroatoms. The molecular formula is C14H27NO. The lowest BCUT2D eigenvalue weighted by atomic mass is 10.0. The molecule has 2 rings (SSSR count). The third kappa shape index (κ3) is 3.21. The molecule has 2 nitrogen and oxygen atoms in total. The molecule has 2 atom stereocenters. The van der Waals surface area contributed by atoms with Crippen LogP contribution in [0.25, 0.3) is 0 Å². The van der Waals surface area contributed by atoms with Crippen molar-refractivity contribution in [1.29, 1.82) is 0 Å². The highest BCUT2D eigenvalue weighted by Gasteiger charge is 2.28. The highest BCUT2D eigenvalue weighted by molar-refractivity contribution is 4.81. The van der Waals surface area contributed by atoms with Crippen LogP contribution < -0.4 is 0 Å². The summed E-state index contributed by atoms with van der Waals surface area (Å²) in [7, 11) is 0. The molecule has 1 heterocycles. The van der Waals surface area contributed by atoms with E-state index < -0.39 is 0 Å². The van der Waals surface area contributed by atoms with E-state index in [9.17, 15) is 5.11 Å². The average Bonchev–Trinajstić information content (AvgIpc) is 2.89. The first-order chi connectivity index (χ1) is 7.79. The third-order valence-corrected chi connectivity index (χ3v) is 4.46. The Morgan fingerprint density at radius 2 is 2.00 bits per heavy atom. The molecule has 0 spiro atoms. The fourth-order valence-corrected chi connectivity index (χ4v) is 3.48. The second kappa shape index (κ2) is 6.02. The summed E-state index contributed by atoms with van der Waals surface area (Å²) < 4.78 is 0. The Morgan fingerprint density at radius 3 is 2.69 bits per heavy atom. The Morgan fingerprint density at radius 1 is 1.25 bits per heavy atom. The van der Waals surface area contributed by atoms with Crippen LogP contribution in [0.15, 0.2) is 0 Å². The van der Waals surface area contributed by atoms with Gasteiger partial charge in [0.2, 0.25) is 0 Å². The van der Waals surface area contributed by atoms with Crippen molar-refractivity contribution < 1.29 is 5.11 Å². The molecular weight excluding hydrogens is 198 g/mol. The van der Waals surface area contributed by atoms with Crippen molar-refractivity contribution in [2.45, 2.75) is 58.0 Å². The van der Waals surface area contributed by atoms with Crippen molar-refractivity contribution in [2.75, 3.05) is 19.6 Å². The van der Waals surface area contributed by atoms with Crippen LogP contribution in [0.3, 0.4) is 0 Å². The standard InChI is InChI=1S/C14H27NO/c1-2-5-12-8-9-15(10-12)11-14(16)13-6-3-4-7-13/h12-14,16H,2-11H2,1H3. The van der Waals surface area contributed by atoms with Crippen molar-refractivity contribution in [3.8, 4) is 0 Å². The lowest BCUT2D eigenvalue weighted by molar-refractivity contribution is 0.0727. The van der Waals surface area contributed by atoms with Crippen molar-refractivity contribution in [3.63, 3.8) is 0 Å². The molecule has 0 aromatic rings. The van der Waals surface area contributed by atoms with Crippen LogP contribution in [-0.2, 0) is 0 Å².